The molecule has 1 aromatic heterocycles. The van der Waals surface area contributed by atoms with Crippen molar-refractivity contribution in [3.05, 3.63) is 72.6 Å². The van der Waals surface area contributed by atoms with Crippen molar-refractivity contribution in [1.82, 2.24) is 4.98 Å². The van der Waals surface area contributed by atoms with Crippen molar-refractivity contribution < 1.29 is 22.7 Å². The van der Waals surface area contributed by atoms with E-state index in [0.29, 0.717) is 17.1 Å². The summed E-state index contributed by atoms with van der Waals surface area (Å²) in [6.07, 6.45) is -0.991. The molecule has 0 saturated carbocycles. The van der Waals surface area contributed by atoms with E-state index in [0.717, 1.165) is 16.7 Å². The van der Waals surface area contributed by atoms with Crippen LogP contribution in [0.25, 0.3) is 11.1 Å². The molecule has 0 unspecified atom stereocenters. The van der Waals surface area contributed by atoms with Crippen LogP contribution in [0.1, 0.15) is 12.0 Å². The molecule has 0 radical (unpaired) electrons. The van der Waals surface area contributed by atoms with Crippen molar-refractivity contribution >= 4 is 23.0 Å². The number of aliphatic imine (C=N–C) groups is 1. The monoisotopic (exact) mass is 411 g/mol. The Bertz CT molecular complexity index is 1110. The van der Waals surface area contributed by atoms with Gasteiger partial charge in [-0.25, -0.2) is 4.99 Å². The van der Waals surface area contributed by atoms with Gasteiger partial charge < -0.3 is 10.1 Å². The number of nitrogens with one attached hydrogen (secondary N) is 1. The van der Waals surface area contributed by atoms with Crippen molar-refractivity contribution in [1.29, 1.82) is 0 Å². The molecule has 0 bridgehead atoms. The van der Waals surface area contributed by atoms with E-state index in [4.69, 9.17) is 4.74 Å². The van der Waals surface area contributed by atoms with Gasteiger partial charge in [0.05, 0.1) is 23.5 Å². The lowest BCUT2D eigenvalue weighted by Gasteiger charge is -2.11. The summed E-state index contributed by atoms with van der Waals surface area (Å²) in [6.45, 7) is -1.40. The fourth-order valence-electron chi connectivity index (χ4n) is 3.07. The lowest BCUT2D eigenvalue weighted by Crippen LogP contribution is -2.19. The predicted octanol–water partition coefficient (Wildman–Crippen LogP) is 5.15. The van der Waals surface area contributed by atoms with Gasteiger partial charge in [0.2, 0.25) is 5.91 Å². The number of aromatic nitrogens is 1. The van der Waals surface area contributed by atoms with Gasteiger partial charge in [0.15, 0.2) is 6.61 Å². The van der Waals surface area contributed by atoms with Crippen LogP contribution < -0.4 is 10.1 Å². The van der Waals surface area contributed by atoms with Crippen LogP contribution in [0.2, 0.25) is 0 Å². The molecule has 0 aliphatic carbocycles. The molecule has 0 fully saturated rings. The number of hydrogen-bond acceptors (Lipinski definition) is 4. The summed E-state index contributed by atoms with van der Waals surface area (Å²) in [5, 5.41) is 2.73. The zero-order valence-corrected chi connectivity index (χ0v) is 15.6. The molecule has 2 heterocycles. The van der Waals surface area contributed by atoms with Crippen LogP contribution in [-0.4, -0.2) is 29.4 Å². The molecule has 30 heavy (non-hydrogen) atoms. The van der Waals surface area contributed by atoms with Crippen LogP contribution in [0.5, 0.6) is 5.75 Å². The Morgan fingerprint density at radius 1 is 1.00 bits per heavy atom. The third-order valence-electron chi connectivity index (χ3n) is 4.42. The van der Waals surface area contributed by atoms with Crippen LogP contribution in [0.3, 0.4) is 0 Å². The highest BCUT2D eigenvalue weighted by Gasteiger charge is 2.28. The van der Waals surface area contributed by atoms with E-state index in [-0.39, 0.29) is 18.1 Å². The lowest BCUT2D eigenvalue weighted by molar-refractivity contribution is -0.153. The number of halogens is 3. The molecule has 5 nitrogen and oxygen atoms in total. The van der Waals surface area contributed by atoms with E-state index in [1.165, 1.54) is 18.2 Å². The summed E-state index contributed by atoms with van der Waals surface area (Å²) in [6, 6.07) is 15.5. The van der Waals surface area contributed by atoms with Crippen LogP contribution in [0.15, 0.2) is 72.0 Å². The van der Waals surface area contributed by atoms with Gasteiger partial charge in [-0.1, -0.05) is 24.3 Å². The minimum atomic E-state index is -4.44. The van der Waals surface area contributed by atoms with Crippen molar-refractivity contribution in [2.45, 2.75) is 12.6 Å². The molecule has 1 aliphatic heterocycles. The number of carbonyl (C=O) groups excluding carboxylic acids is 1. The number of benzene rings is 2. The van der Waals surface area contributed by atoms with Crippen molar-refractivity contribution in [2.75, 3.05) is 11.9 Å². The first-order valence-electron chi connectivity index (χ1n) is 9.09. The molecule has 2 aromatic carbocycles. The Balaban J connectivity index is 1.69. The van der Waals surface area contributed by atoms with E-state index in [1.807, 2.05) is 36.4 Å². The minimum Gasteiger partial charge on any atom is -0.484 e. The summed E-state index contributed by atoms with van der Waals surface area (Å²) in [7, 11) is 0. The van der Waals surface area contributed by atoms with E-state index in [2.05, 4.69) is 15.3 Å². The third-order valence-corrected chi connectivity index (χ3v) is 4.42. The van der Waals surface area contributed by atoms with E-state index in [1.54, 1.807) is 12.4 Å². The van der Waals surface area contributed by atoms with Crippen molar-refractivity contribution in [2.24, 2.45) is 4.99 Å². The number of ether oxygens (including phenoxy) is 1. The molecule has 8 heteroatoms. The van der Waals surface area contributed by atoms with Crippen molar-refractivity contribution in [3.63, 3.8) is 0 Å². The van der Waals surface area contributed by atoms with Gasteiger partial charge in [0, 0.05) is 24.0 Å². The standard InChI is InChI=1S/C22H16F3N3O2/c23-22(24,25)13-30-17-6-7-18-20(10-17)27-19(11-21(29)28-18)15-4-1-3-14(9-15)16-5-2-8-26-12-16/h1-10,12H,11,13H2,(H,28,29). The summed E-state index contributed by atoms with van der Waals surface area (Å²) >= 11 is 0. The average Bonchev–Trinajstić information content (AvgIpc) is 2.90. The number of fused-ring (bicyclic) bond motifs is 1. The van der Waals surface area contributed by atoms with Gasteiger partial charge >= 0.3 is 6.18 Å². The molecule has 1 amide bonds. The van der Waals surface area contributed by atoms with Gasteiger partial charge in [-0.05, 0) is 35.4 Å². The maximum absolute atomic E-state index is 12.4. The fourth-order valence-corrected chi connectivity index (χ4v) is 3.07. The van der Waals surface area contributed by atoms with Gasteiger partial charge in [0.1, 0.15) is 5.75 Å². The maximum Gasteiger partial charge on any atom is 0.422 e. The predicted molar refractivity (Wildman–Crippen MR) is 107 cm³/mol. The molecule has 152 valence electrons. The number of rotatable bonds is 4. The highest BCUT2D eigenvalue weighted by Crippen LogP contribution is 2.34. The topological polar surface area (TPSA) is 63.6 Å². The van der Waals surface area contributed by atoms with Crippen molar-refractivity contribution in [3.8, 4) is 16.9 Å². The van der Waals surface area contributed by atoms with Crippen LogP contribution in [0.4, 0.5) is 24.5 Å². The summed E-state index contributed by atoms with van der Waals surface area (Å²) in [4.78, 5) is 21.0. The van der Waals surface area contributed by atoms with Crippen LogP contribution in [0, 0.1) is 0 Å². The molecule has 0 atom stereocenters. The minimum absolute atomic E-state index is 0.0226. The Labute approximate surface area is 170 Å². The first-order valence-corrected chi connectivity index (χ1v) is 9.09. The Kier molecular flexibility index (Phi) is 5.22. The highest BCUT2D eigenvalue weighted by atomic mass is 19.4. The zero-order chi connectivity index (χ0) is 21.1. The van der Waals surface area contributed by atoms with Gasteiger partial charge in [-0.3, -0.25) is 9.78 Å². The van der Waals surface area contributed by atoms with E-state index >= 15 is 0 Å². The molecular formula is C22H16F3N3O2. The summed E-state index contributed by atoms with van der Waals surface area (Å²) in [5.41, 5.74) is 3.82. The molecular weight excluding hydrogens is 395 g/mol. The average molecular weight is 411 g/mol. The maximum atomic E-state index is 12.4. The number of alkyl halides is 3. The first kappa shape index (κ1) is 19.6. The quantitative estimate of drug-likeness (QED) is 0.646. The number of amides is 1. The second kappa shape index (κ2) is 7.98. The highest BCUT2D eigenvalue weighted by molar-refractivity contribution is 6.17. The van der Waals surface area contributed by atoms with Gasteiger partial charge in [-0.15, -0.1) is 0 Å². The lowest BCUT2D eigenvalue weighted by atomic mass is 10.0. The van der Waals surface area contributed by atoms with E-state index < -0.39 is 12.8 Å². The normalized spacial score (nSPS) is 13.7. The SMILES string of the molecule is O=C1CC(c2cccc(-c3cccnc3)c2)=Nc2cc(OCC(F)(F)F)ccc2N1. The molecule has 3 aromatic rings. The second-order valence-corrected chi connectivity index (χ2v) is 6.69. The van der Waals surface area contributed by atoms with Crippen LogP contribution in [-0.2, 0) is 4.79 Å². The molecule has 1 aliphatic rings. The number of carbonyl (C=O) groups is 1. The Hall–Kier alpha value is -3.68. The zero-order valence-electron chi connectivity index (χ0n) is 15.6. The number of pyridine rings is 1. The van der Waals surface area contributed by atoms with E-state index in [9.17, 15) is 18.0 Å². The smallest absolute Gasteiger partial charge is 0.422 e. The number of hydrogen-bond donors (Lipinski definition) is 1. The number of nitrogens with zero attached hydrogens (tertiary/aromatic N) is 2. The Morgan fingerprint density at radius 3 is 2.57 bits per heavy atom. The summed E-state index contributed by atoms with van der Waals surface area (Å²) in [5.74, 6) is -0.238. The third kappa shape index (κ3) is 4.65. The fraction of sp³-hybridized carbons (Fsp3) is 0.136. The second-order valence-electron chi connectivity index (χ2n) is 6.69. The van der Waals surface area contributed by atoms with Crippen LogP contribution >= 0.6 is 0 Å². The largest absolute Gasteiger partial charge is 0.484 e. The molecule has 0 spiro atoms. The first-order chi connectivity index (χ1) is 14.4. The molecule has 1 N–H and O–H groups in total. The molecule has 0 saturated heterocycles. The molecule has 4 rings (SSSR count). The van der Waals surface area contributed by atoms with Gasteiger partial charge in [0.25, 0.3) is 0 Å². The summed E-state index contributed by atoms with van der Waals surface area (Å²) < 4.78 is 42.1. The van der Waals surface area contributed by atoms with Gasteiger partial charge in [-0.2, -0.15) is 13.2 Å². The number of anilines is 1. The Morgan fingerprint density at radius 2 is 1.80 bits per heavy atom.